The summed E-state index contributed by atoms with van der Waals surface area (Å²) < 4.78 is 0. The van der Waals surface area contributed by atoms with Crippen LogP contribution in [0.15, 0.2) is 24.3 Å². The van der Waals surface area contributed by atoms with Gasteiger partial charge in [-0.05, 0) is 24.5 Å². The van der Waals surface area contributed by atoms with Gasteiger partial charge in [0.1, 0.15) is 0 Å². The highest BCUT2D eigenvalue weighted by Gasteiger charge is 2.23. The van der Waals surface area contributed by atoms with Crippen LogP contribution in [0.1, 0.15) is 25.8 Å². The van der Waals surface area contributed by atoms with Crippen molar-refractivity contribution in [2.45, 2.75) is 31.9 Å². The van der Waals surface area contributed by atoms with E-state index in [1.807, 2.05) is 23.1 Å². The van der Waals surface area contributed by atoms with Crippen LogP contribution in [0.5, 0.6) is 0 Å². The number of fused-ring (bicyclic) bond motifs is 1. The van der Waals surface area contributed by atoms with Crippen LogP contribution in [0.25, 0.3) is 0 Å². The Hall–Kier alpha value is -0.960. The van der Waals surface area contributed by atoms with Gasteiger partial charge >= 0.3 is 0 Å². The van der Waals surface area contributed by atoms with E-state index in [0.717, 1.165) is 25.1 Å². The lowest BCUT2D eigenvalue weighted by Gasteiger charge is -2.18. The minimum atomic E-state index is 0.250. The first-order valence-corrected chi connectivity index (χ1v) is 7.27. The van der Waals surface area contributed by atoms with Crippen LogP contribution in [0.2, 0.25) is 0 Å². The van der Waals surface area contributed by atoms with E-state index < -0.39 is 0 Å². The molecule has 0 fully saturated rings. The second-order valence-corrected chi connectivity index (χ2v) is 5.88. The summed E-state index contributed by atoms with van der Waals surface area (Å²) >= 11 is 1.75. The number of hydrogen-bond donors (Lipinski definition) is 0. The first-order chi connectivity index (χ1) is 8.22. The maximum atomic E-state index is 12.1. The van der Waals surface area contributed by atoms with E-state index in [1.165, 1.54) is 5.56 Å². The van der Waals surface area contributed by atoms with E-state index in [2.05, 4.69) is 19.9 Å². The van der Waals surface area contributed by atoms with Gasteiger partial charge < -0.3 is 4.90 Å². The number of nitrogens with zero attached hydrogens (tertiary/aromatic N) is 1. The second kappa shape index (κ2) is 5.58. The zero-order valence-corrected chi connectivity index (χ0v) is 11.3. The predicted molar refractivity (Wildman–Crippen MR) is 74.7 cm³/mol. The van der Waals surface area contributed by atoms with Gasteiger partial charge in [0.05, 0.1) is 5.75 Å². The summed E-state index contributed by atoms with van der Waals surface area (Å²) in [6, 6.07) is 8.21. The Balaban J connectivity index is 1.98. The number of rotatable bonds is 4. The standard InChI is InChI=1S/C14H19NOS/c1-3-11(2)17-10-14(16)15-9-8-12-6-4-5-7-13(12)15/h4-7,11H,3,8-10H2,1-2H3/t11-/m1/s1. The number of benzene rings is 1. The number of hydrogen-bond acceptors (Lipinski definition) is 2. The number of anilines is 1. The van der Waals surface area contributed by atoms with Crippen molar-refractivity contribution < 1.29 is 4.79 Å². The van der Waals surface area contributed by atoms with Gasteiger partial charge in [-0.3, -0.25) is 4.79 Å². The molecule has 0 bridgehead atoms. The molecule has 1 atom stereocenters. The summed E-state index contributed by atoms with van der Waals surface area (Å²) in [5.74, 6) is 0.851. The van der Waals surface area contributed by atoms with Crippen LogP contribution >= 0.6 is 11.8 Å². The molecule has 0 spiro atoms. The molecule has 2 nitrogen and oxygen atoms in total. The van der Waals surface area contributed by atoms with Gasteiger partial charge in [0, 0.05) is 17.5 Å². The monoisotopic (exact) mass is 249 g/mol. The molecular weight excluding hydrogens is 230 g/mol. The molecule has 0 radical (unpaired) electrons. The molecule has 0 saturated carbocycles. The van der Waals surface area contributed by atoms with E-state index >= 15 is 0 Å². The van der Waals surface area contributed by atoms with Crippen molar-refractivity contribution >= 4 is 23.4 Å². The summed E-state index contributed by atoms with van der Waals surface area (Å²) in [6.45, 7) is 5.18. The maximum absolute atomic E-state index is 12.1. The van der Waals surface area contributed by atoms with Crippen molar-refractivity contribution in [2.75, 3.05) is 17.2 Å². The molecule has 1 aliphatic rings. The Kier molecular flexibility index (Phi) is 4.11. The van der Waals surface area contributed by atoms with Crippen LogP contribution in [0.4, 0.5) is 5.69 Å². The molecular formula is C14H19NOS. The Labute approximate surface area is 107 Å². The molecule has 1 aliphatic heterocycles. The van der Waals surface area contributed by atoms with E-state index in [0.29, 0.717) is 11.0 Å². The highest BCUT2D eigenvalue weighted by atomic mass is 32.2. The third kappa shape index (κ3) is 2.83. The lowest BCUT2D eigenvalue weighted by molar-refractivity contribution is -0.116. The van der Waals surface area contributed by atoms with Crippen molar-refractivity contribution in [1.29, 1.82) is 0 Å². The van der Waals surface area contributed by atoms with Gasteiger partial charge in [-0.25, -0.2) is 0 Å². The average Bonchev–Trinajstić information content (AvgIpc) is 2.79. The minimum absolute atomic E-state index is 0.250. The molecule has 1 aromatic rings. The van der Waals surface area contributed by atoms with E-state index in [-0.39, 0.29) is 5.91 Å². The molecule has 3 heteroatoms. The number of thioether (sulfide) groups is 1. The topological polar surface area (TPSA) is 20.3 Å². The lowest BCUT2D eigenvalue weighted by atomic mass is 10.2. The number of para-hydroxylation sites is 1. The summed E-state index contributed by atoms with van der Waals surface area (Å²) in [5.41, 5.74) is 2.41. The third-order valence-corrected chi connectivity index (χ3v) is 4.57. The van der Waals surface area contributed by atoms with Gasteiger partial charge in [0.25, 0.3) is 0 Å². The fraction of sp³-hybridized carbons (Fsp3) is 0.500. The summed E-state index contributed by atoms with van der Waals surface area (Å²) in [6.07, 6.45) is 2.12. The Morgan fingerprint density at radius 1 is 1.47 bits per heavy atom. The van der Waals surface area contributed by atoms with Crippen LogP contribution in [0.3, 0.4) is 0 Å². The summed E-state index contributed by atoms with van der Waals surface area (Å²) in [5, 5.41) is 0.566. The molecule has 1 amide bonds. The molecule has 2 rings (SSSR count). The van der Waals surface area contributed by atoms with Gasteiger partial charge in [-0.1, -0.05) is 32.0 Å². The molecule has 0 aliphatic carbocycles. The maximum Gasteiger partial charge on any atom is 0.237 e. The Morgan fingerprint density at radius 3 is 3.00 bits per heavy atom. The van der Waals surface area contributed by atoms with E-state index in [9.17, 15) is 4.79 Å². The first-order valence-electron chi connectivity index (χ1n) is 6.22. The SMILES string of the molecule is CC[C@@H](C)SCC(=O)N1CCc2ccccc21. The lowest BCUT2D eigenvalue weighted by Crippen LogP contribution is -2.30. The molecule has 92 valence electrons. The second-order valence-electron chi connectivity index (χ2n) is 4.45. The van der Waals surface area contributed by atoms with Crippen LogP contribution in [-0.2, 0) is 11.2 Å². The van der Waals surface area contributed by atoms with Crippen molar-refractivity contribution in [3.05, 3.63) is 29.8 Å². The van der Waals surface area contributed by atoms with Crippen LogP contribution in [-0.4, -0.2) is 23.5 Å². The van der Waals surface area contributed by atoms with E-state index in [4.69, 9.17) is 0 Å². The largest absolute Gasteiger partial charge is 0.311 e. The highest BCUT2D eigenvalue weighted by molar-refractivity contribution is 8.00. The molecule has 0 unspecified atom stereocenters. The van der Waals surface area contributed by atoms with Gasteiger partial charge in [0.15, 0.2) is 0 Å². The zero-order chi connectivity index (χ0) is 12.3. The van der Waals surface area contributed by atoms with Crippen LogP contribution in [0, 0.1) is 0 Å². The fourth-order valence-corrected chi connectivity index (χ4v) is 2.83. The quantitative estimate of drug-likeness (QED) is 0.817. The molecule has 0 N–H and O–H groups in total. The van der Waals surface area contributed by atoms with Crippen molar-refractivity contribution in [2.24, 2.45) is 0 Å². The first kappa shape index (κ1) is 12.5. The summed E-state index contributed by atoms with van der Waals surface area (Å²) in [4.78, 5) is 14.1. The zero-order valence-electron chi connectivity index (χ0n) is 10.5. The molecule has 1 aromatic carbocycles. The number of amides is 1. The van der Waals surface area contributed by atoms with E-state index in [1.54, 1.807) is 11.8 Å². The Bertz CT molecular complexity index is 405. The fourth-order valence-electron chi connectivity index (χ4n) is 2.01. The molecule has 0 aromatic heterocycles. The molecule has 1 heterocycles. The summed E-state index contributed by atoms with van der Waals surface area (Å²) in [7, 11) is 0. The van der Waals surface area contributed by atoms with Crippen molar-refractivity contribution in [1.82, 2.24) is 0 Å². The van der Waals surface area contributed by atoms with Gasteiger partial charge in [-0.2, -0.15) is 0 Å². The number of carbonyl (C=O) groups is 1. The third-order valence-electron chi connectivity index (χ3n) is 3.25. The molecule has 0 saturated heterocycles. The van der Waals surface area contributed by atoms with Gasteiger partial charge in [0.2, 0.25) is 5.91 Å². The highest BCUT2D eigenvalue weighted by Crippen LogP contribution is 2.28. The van der Waals surface area contributed by atoms with Crippen molar-refractivity contribution in [3.63, 3.8) is 0 Å². The van der Waals surface area contributed by atoms with Gasteiger partial charge in [-0.15, -0.1) is 11.8 Å². The average molecular weight is 249 g/mol. The Morgan fingerprint density at radius 2 is 2.24 bits per heavy atom. The predicted octanol–water partition coefficient (Wildman–Crippen LogP) is 3.11. The number of carbonyl (C=O) groups excluding carboxylic acids is 1. The molecule has 17 heavy (non-hydrogen) atoms. The smallest absolute Gasteiger partial charge is 0.237 e. The van der Waals surface area contributed by atoms with Crippen molar-refractivity contribution in [3.8, 4) is 0 Å². The normalized spacial score (nSPS) is 15.8. The minimum Gasteiger partial charge on any atom is -0.311 e. The van der Waals surface area contributed by atoms with Crippen LogP contribution < -0.4 is 4.90 Å².